The molecule has 9 heteroatoms. The third-order valence-electron chi connectivity index (χ3n) is 4.85. The molecule has 2 aliphatic rings. The predicted molar refractivity (Wildman–Crippen MR) is 106 cm³/mol. The molecule has 3 rings (SSSR count). The van der Waals surface area contributed by atoms with Gasteiger partial charge in [-0.25, -0.2) is 0 Å². The van der Waals surface area contributed by atoms with Gasteiger partial charge in [0.15, 0.2) is 5.76 Å². The van der Waals surface area contributed by atoms with Gasteiger partial charge in [0.1, 0.15) is 5.60 Å². The number of carbonyl (C=O) groups excluding carboxylic acids is 2. The van der Waals surface area contributed by atoms with Crippen LogP contribution in [-0.4, -0.2) is 78.7 Å². The lowest BCUT2D eigenvalue weighted by Crippen LogP contribution is -2.68. The van der Waals surface area contributed by atoms with Crippen LogP contribution in [-0.2, 0) is 20.9 Å². The maximum atomic E-state index is 12.5. The van der Waals surface area contributed by atoms with Gasteiger partial charge in [-0.2, -0.15) is 23.5 Å². The minimum Gasteiger partial charge on any atom is -0.459 e. The Hall–Kier alpha value is -1.16. The molecule has 2 aliphatic heterocycles. The number of rotatable bonds is 8. The Morgan fingerprint density at radius 1 is 1.37 bits per heavy atom. The Balaban J connectivity index is 1.47. The number of likely N-dealkylation sites (tertiary alicyclic amines) is 1. The minimum atomic E-state index is -0.534. The number of nitrogens with one attached hydrogen (secondary N) is 1. The normalized spacial score (nSPS) is 21.6. The number of carbonyl (C=O) groups is 2. The van der Waals surface area contributed by atoms with Crippen LogP contribution in [0.4, 0.5) is 0 Å². The molecule has 2 saturated heterocycles. The molecule has 0 radical (unpaired) electrons. The van der Waals surface area contributed by atoms with Crippen molar-refractivity contribution >= 4 is 35.3 Å². The van der Waals surface area contributed by atoms with E-state index in [-0.39, 0.29) is 17.6 Å². The van der Waals surface area contributed by atoms with Crippen molar-refractivity contribution in [2.75, 3.05) is 51.1 Å². The van der Waals surface area contributed by atoms with Crippen molar-refractivity contribution in [3.63, 3.8) is 0 Å². The maximum absolute atomic E-state index is 12.5. The second-order valence-electron chi connectivity index (χ2n) is 6.80. The van der Waals surface area contributed by atoms with Crippen molar-refractivity contribution in [2.45, 2.75) is 23.9 Å². The van der Waals surface area contributed by atoms with Crippen molar-refractivity contribution in [1.82, 2.24) is 10.2 Å². The highest BCUT2D eigenvalue weighted by Crippen LogP contribution is 2.30. The lowest BCUT2D eigenvalue weighted by molar-refractivity contribution is -0.160. The average molecular weight is 415 g/mol. The Morgan fingerprint density at radius 3 is 2.85 bits per heavy atom. The monoisotopic (exact) mass is 414 g/mol. The van der Waals surface area contributed by atoms with E-state index in [1.54, 1.807) is 20.3 Å². The fraction of sp³-hybridized carbons (Fsp3) is 0.667. The van der Waals surface area contributed by atoms with E-state index in [1.165, 1.54) is 12.0 Å². The number of nitrogens with zero attached hydrogens (tertiary/aromatic N) is 1. The molecule has 1 atom stereocenters. The smallest absolute Gasteiger partial charge is 0.287 e. The number of amides is 2. The van der Waals surface area contributed by atoms with Gasteiger partial charge in [-0.05, 0) is 6.07 Å². The topological polar surface area (TPSA) is 81.0 Å². The molecule has 0 saturated carbocycles. The number of hydrogen-bond donors (Lipinski definition) is 1. The molecule has 3 heterocycles. The van der Waals surface area contributed by atoms with Gasteiger partial charge in [0.2, 0.25) is 5.91 Å². The van der Waals surface area contributed by atoms with Crippen LogP contribution in [0.2, 0.25) is 0 Å². The summed E-state index contributed by atoms with van der Waals surface area (Å²) >= 11 is 3.81. The van der Waals surface area contributed by atoms with Gasteiger partial charge in [0, 0.05) is 48.7 Å². The molecule has 27 heavy (non-hydrogen) atoms. The molecule has 2 fully saturated rings. The van der Waals surface area contributed by atoms with Crippen LogP contribution in [0.15, 0.2) is 16.7 Å². The zero-order chi connectivity index (χ0) is 19.3. The highest BCUT2D eigenvalue weighted by Gasteiger charge is 2.46. The van der Waals surface area contributed by atoms with Crippen molar-refractivity contribution < 1.29 is 23.5 Å². The largest absolute Gasteiger partial charge is 0.459 e. The number of ether oxygens (including phenoxy) is 2. The third-order valence-corrected chi connectivity index (χ3v) is 7.70. The lowest BCUT2D eigenvalue weighted by Gasteiger charge is -2.49. The summed E-state index contributed by atoms with van der Waals surface area (Å²) in [5, 5.41) is 3.27. The van der Waals surface area contributed by atoms with E-state index in [0.717, 1.165) is 11.5 Å². The van der Waals surface area contributed by atoms with Crippen LogP contribution >= 0.6 is 23.5 Å². The van der Waals surface area contributed by atoms with Crippen molar-refractivity contribution in [2.24, 2.45) is 0 Å². The van der Waals surface area contributed by atoms with Crippen molar-refractivity contribution in [3.05, 3.63) is 23.7 Å². The Labute approximate surface area is 167 Å². The van der Waals surface area contributed by atoms with Gasteiger partial charge < -0.3 is 24.1 Å². The Bertz CT molecular complexity index is 654. The van der Waals surface area contributed by atoms with E-state index in [0.29, 0.717) is 43.5 Å². The molecule has 2 amide bonds. The first kappa shape index (κ1) is 20.6. The van der Waals surface area contributed by atoms with Gasteiger partial charge in [-0.15, -0.1) is 0 Å². The highest BCUT2D eigenvalue weighted by molar-refractivity contribution is 8.06. The first-order chi connectivity index (χ1) is 13.1. The molecule has 1 aromatic rings. The molecule has 0 aliphatic carbocycles. The SMILES string of the molecule is COCc1ccoc1C(=O)NCC1(OC)CN(C(=O)CC2CSCCS2)C1. The fourth-order valence-corrected chi connectivity index (χ4v) is 5.91. The summed E-state index contributed by atoms with van der Waals surface area (Å²) in [4.78, 5) is 26.7. The number of hydrogen-bond acceptors (Lipinski definition) is 7. The molecule has 0 aromatic carbocycles. The molecule has 0 bridgehead atoms. The first-order valence-electron chi connectivity index (χ1n) is 8.92. The summed E-state index contributed by atoms with van der Waals surface area (Å²) in [5.41, 5.74) is 0.170. The molecule has 150 valence electrons. The van der Waals surface area contributed by atoms with E-state index in [9.17, 15) is 9.59 Å². The minimum absolute atomic E-state index is 0.169. The van der Waals surface area contributed by atoms with Gasteiger partial charge in [-0.1, -0.05) is 0 Å². The van der Waals surface area contributed by atoms with Crippen molar-refractivity contribution in [1.29, 1.82) is 0 Å². The van der Waals surface area contributed by atoms with E-state index in [1.807, 2.05) is 28.4 Å². The number of furan rings is 1. The molecule has 1 unspecified atom stereocenters. The molecular weight excluding hydrogens is 388 g/mol. The average Bonchev–Trinajstić information content (AvgIpc) is 3.10. The van der Waals surface area contributed by atoms with E-state index in [2.05, 4.69) is 5.32 Å². The van der Waals surface area contributed by atoms with Gasteiger partial charge in [0.25, 0.3) is 5.91 Å². The van der Waals surface area contributed by atoms with Crippen LogP contribution in [0.1, 0.15) is 22.5 Å². The highest BCUT2D eigenvalue weighted by atomic mass is 32.2. The molecular formula is C18H26N2O5S2. The van der Waals surface area contributed by atoms with Crippen LogP contribution < -0.4 is 5.32 Å². The van der Waals surface area contributed by atoms with Crippen LogP contribution in [0.25, 0.3) is 0 Å². The van der Waals surface area contributed by atoms with Crippen LogP contribution in [0.5, 0.6) is 0 Å². The van der Waals surface area contributed by atoms with E-state index in [4.69, 9.17) is 13.9 Å². The van der Waals surface area contributed by atoms with Crippen LogP contribution in [0, 0.1) is 0 Å². The second kappa shape index (κ2) is 9.36. The molecule has 1 aromatic heterocycles. The summed E-state index contributed by atoms with van der Waals surface area (Å²) in [6.07, 6.45) is 2.05. The third kappa shape index (κ3) is 5.01. The van der Waals surface area contributed by atoms with E-state index < -0.39 is 5.60 Å². The summed E-state index contributed by atoms with van der Waals surface area (Å²) in [7, 11) is 3.18. The van der Waals surface area contributed by atoms with Crippen LogP contribution in [0.3, 0.4) is 0 Å². The molecule has 0 spiro atoms. The lowest BCUT2D eigenvalue weighted by atomic mass is 9.93. The Morgan fingerprint density at radius 2 is 2.19 bits per heavy atom. The summed E-state index contributed by atoms with van der Waals surface area (Å²) in [6, 6.07) is 1.72. The van der Waals surface area contributed by atoms with Crippen molar-refractivity contribution in [3.8, 4) is 0 Å². The van der Waals surface area contributed by atoms with Gasteiger partial charge in [0.05, 0.1) is 32.5 Å². The summed E-state index contributed by atoms with van der Waals surface area (Å²) in [5.74, 6) is 3.46. The zero-order valence-corrected chi connectivity index (χ0v) is 17.3. The zero-order valence-electron chi connectivity index (χ0n) is 15.7. The maximum Gasteiger partial charge on any atom is 0.287 e. The summed E-state index contributed by atoms with van der Waals surface area (Å²) < 4.78 is 16.0. The number of thioether (sulfide) groups is 2. The summed E-state index contributed by atoms with van der Waals surface area (Å²) in [6.45, 7) is 1.63. The Kier molecular flexibility index (Phi) is 7.13. The quantitative estimate of drug-likeness (QED) is 0.692. The molecule has 1 N–H and O–H groups in total. The van der Waals surface area contributed by atoms with Gasteiger partial charge >= 0.3 is 0 Å². The van der Waals surface area contributed by atoms with Gasteiger partial charge in [-0.3, -0.25) is 9.59 Å². The fourth-order valence-electron chi connectivity index (χ4n) is 3.24. The predicted octanol–water partition coefficient (Wildman–Crippen LogP) is 1.62. The second-order valence-corrected chi connectivity index (χ2v) is 9.36. The van der Waals surface area contributed by atoms with E-state index >= 15 is 0 Å². The molecule has 7 nitrogen and oxygen atoms in total. The first-order valence-corrected chi connectivity index (χ1v) is 11.1. The standard InChI is InChI=1S/C18H26N2O5S2/c1-23-8-13-3-4-25-16(13)17(22)19-10-18(24-2)11-20(12-18)15(21)7-14-9-26-5-6-27-14/h3-4,14H,5-12H2,1-2H3,(H,19,22). The number of methoxy groups -OCH3 is 2.